The average Bonchev–Trinajstić information content (AvgIpc) is 2.47. The SMILES string of the molecule is N#CC(C#N)=C(C#N)Nc1ccc2c(c1)CCNC2. The zero-order valence-electron chi connectivity index (χ0n) is 10.2. The third kappa shape index (κ3) is 2.72. The van der Waals surface area contributed by atoms with Gasteiger partial charge in [-0.2, -0.15) is 15.8 Å². The predicted molar refractivity (Wildman–Crippen MR) is 69.3 cm³/mol. The van der Waals surface area contributed by atoms with E-state index in [1.54, 1.807) is 12.1 Å². The van der Waals surface area contributed by atoms with Gasteiger partial charge in [0.15, 0.2) is 5.57 Å². The first kappa shape index (κ1) is 12.6. The third-order valence-corrected chi connectivity index (χ3v) is 2.95. The Bertz CT molecular complexity index is 636. The Labute approximate surface area is 111 Å². The first-order valence-electron chi connectivity index (χ1n) is 5.82. The van der Waals surface area contributed by atoms with Crippen LogP contribution in [0.3, 0.4) is 0 Å². The van der Waals surface area contributed by atoms with Crippen LogP contribution in [-0.4, -0.2) is 6.54 Å². The van der Waals surface area contributed by atoms with Crippen molar-refractivity contribution >= 4 is 5.69 Å². The molecule has 0 aliphatic carbocycles. The quantitative estimate of drug-likeness (QED) is 0.775. The van der Waals surface area contributed by atoms with Crippen LogP contribution >= 0.6 is 0 Å². The van der Waals surface area contributed by atoms with Crippen molar-refractivity contribution in [3.8, 4) is 18.2 Å². The summed E-state index contributed by atoms with van der Waals surface area (Å²) in [5.74, 6) is 0. The Hall–Kier alpha value is -2.81. The molecule has 19 heavy (non-hydrogen) atoms. The molecule has 5 heteroatoms. The first-order valence-corrected chi connectivity index (χ1v) is 5.82. The lowest BCUT2D eigenvalue weighted by Crippen LogP contribution is -2.23. The van der Waals surface area contributed by atoms with Gasteiger partial charge in [0.25, 0.3) is 0 Å². The average molecular weight is 249 g/mol. The van der Waals surface area contributed by atoms with Crippen LogP contribution in [0.2, 0.25) is 0 Å². The molecule has 0 saturated heterocycles. The fourth-order valence-electron chi connectivity index (χ4n) is 1.98. The molecule has 0 spiro atoms. The maximum atomic E-state index is 8.98. The molecule has 0 radical (unpaired) electrons. The van der Waals surface area contributed by atoms with Gasteiger partial charge in [-0.3, -0.25) is 0 Å². The molecule has 0 atom stereocenters. The molecule has 1 aliphatic heterocycles. The van der Waals surface area contributed by atoms with Crippen molar-refractivity contribution in [2.24, 2.45) is 0 Å². The van der Waals surface area contributed by atoms with Crippen LogP contribution in [0.5, 0.6) is 0 Å². The van der Waals surface area contributed by atoms with Crippen molar-refractivity contribution in [3.63, 3.8) is 0 Å². The lowest BCUT2D eigenvalue weighted by molar-refractivity contribution is 0.644. The second kappa shape index (κ2) is 5.69. The van der Waals surface area contributed by atoms with Gasteiger partial charge in [-0.15, -0.1) is 0 Å². The van der Waals surface area contributed by atoms with Crippen LogP contribution in [0.25, 0.3) is 0 Å². The minimum Gasteiger partial charge on any atom is -0.345 e. The Morgan fingerprint density at radius 3 is 2.58 bits per heavy atom. The van der Waals surface area contributed by atoms with E-state index in [4.69, 9.17) is 15.8 Å². The first-order chi connectivity index (χ1) is 9.28. The summed E-state index contributed by atoms with van der Waals surface area (Å²) in [7, 11) is 0. The maximum Gasteiger partial charge on any atom is 0.163 e. The zero-order valence-corrected chi connectivity index (χ0v) is 10.2. The number of allylic oxidation sites excluding steroid dienone is 2. The number of hydrogen-bond acceptors (Lipinski definition) is 5. The molecule has 1 aromatic rings. The van der Waals surface area contributed by atoms with Crippen LogP contribution in [0.1, 0.15) is 11.1 Å². The van der Waals surface area contributed by atoms with Crippen molar-refractivity contribution in [1.29, 1.82) is 15.8 Å². The number of benzene rings is 1. The van der Waals surface area contributed by atoms with E-state index in [0.717, 1.165) is 25.2 Å². The van der Waals surface area contributed by atoms with Gasteiger partial charge in [0.05, 0.1) is 0 Å². The molecule has 2 N–H and O–H groups in total. The van der Waals surface area contributed by atoms with E-state index in [1.165, 1.54) is 11.1 Å². The predicted octanol–water partition coefficient (Wildman–Crippen LogP) is 1.57. The standard InChI is InChI=1S/C14H11N5/c15-6-12(7-16)14(8-17)19-13-2-1-11-9-18-4-3-10(11)5-13/h1-2,5,18-19H,3-4,9H2. The highest BCUT2D eigenvalue weighted by Crippen LogP contribution is 2.20. The molecule has 92 valence electrons. The van der Waals surface area contributed by atoms with Crippen molar-refractivity contribution in [2.45, 2.75) is 13.0 Å². The molecule has 1 aromatic carbocycles. The largest absolute Gasteiger partial charge is 0.345 e. The summed E-state index contributed by atoms with van der Waals surface area (Å²) in [4.78, 5) is 0. The number of anilines is 1. The minimum atomic E-state index is -0.207. The molecule has 2 rings (SSSR count). The van der Waals surface area contributed by atoms with E-state index in [1.807, 2.05) is 24.3 Å². The Morgan fingerprint density at radius 1 is 1.11 bits per heavy atom. The van der Waals surface area contributed by atoms with Crippen molar-refractivity contribution < 1.29 is 0 Å². The molecule has 0 saturated carbocycles. The van der Waals surface area contributed by atoms with E-state index in [0.29, 0.717) is 0 Å². The van der Waals surface area contributed by atoms with E-state index in [9.17, 15) is 0 Å². The lowest BCUT2D eigenvalue weighted by Gasteiger charge is -2.18. The van der Waals surface area contributed by atoms with Crippen LogP contribution in [-0.2, 0) is 13.0 Å². The van der Waals surface area contributed by atoms with Gasteiger partial charge in [-0.25, -0.2) is 0 Å². The van der Waals surface area contributed by atoms with Gasteiger partial charge in [0.1, 0.15) is 23.9 Å². The summed E-state index contributed by atoms with van der Waals surface area (Å²) in [6.45, 7) is 1.78. The number of nitrogens with one attached hydrogen (secondary N) is 2. The van der Waals surface area contributed by atoms with E-state index >= 15 is 0 Å². The molecule has 0 bridgehead atoms. The van der Waals surface area contributed by atoms with Gasteiger partial charge in [-0.05, 0) is 36.2 Å². The van der Waals surface area contributed by atoms with E-state index in [2.05, 4.69) is 10.6 Å². The van der Waals surface area contributed by atoms with Gasteiger partial charge < -0.3 is 10.6 Å². The third-order valence-electron chi connectivity index (χ3n) is 2.95. The van der Waals surface area contributed by atoms with Gasteiger partial charge in [0, 0.05) is 12.2 Å². The number of nitriles is 3. The molecule has 1 aliphatic rings. The molecular weight excluding hydrogens is 238 g/mol. The fourth-order valence-corrected chi connectivity index (χ4v) is 1.98. The topological polar surface area (TPSA) is 95.4 Å². The summed E-state index contributed by atoms with van der Waals surface area (Å²) in [6.07, 6.45) is 0.930. The molecule has 0 fully saturated rings. The minimum absolute atomic E-state index is 0.0149. The van der Waals surface area contributed by atoms with Gasteiger partial charge in [0.2, 0.25) is 0 Å². The normalized spacial score (nSPS) is 12.3. The molecule has 0 aromatic heterocycles. The second-order valence-electron chi connectivity index (χ2n) is 4.12. The number of nitrogens with zero attached hydrogens (tertiary/aromatic N) is 3. The highest BCUT2D eigenvalue weighted by Gasteiger charge is 2.10. The summed E-state index contributed by atoms with van der Waals surface area (Å²) in [5.41, 5.74) is 2.96. The molecule has 0 unspecified atom stereocenters. The summed E-state index contributed by atoms with van der Waals surface area (Å²) < 4.78 is 0. The van der Waals surface area contributed by atoms with Crippen LogP contribution in [0, 0.1) is 34.0 Å². The van der Waals surface area contributed by atoms with Gasteiger partial charge >= 0.3 is 0 Å². The van der Waals surface area contributed by atoms with Crippen molar-refractivity contribution in [1.82, 2.24) is 5.32 Å². The second-order valence-corrected chi connectivity index (χ2v) is 4.12. The van der Waals surface area contributed by atoms with Crippen LogP contribution in [0.15, 0.2) is 29.5 Å². The van der Waals surface area contributed by atoms with Gasteiger partial charge in [-0.1, -0.05) is 6.07 Å². The Balaban J connectivity index is 2.30. The number of hydrogen-bond donors (Lipinski definition) is 2. The molecule has 5 nitrogen and oxygen atoms in total. The summed E-state index contributed by atoms with van der Waals surface area (Å²) in [6, 6.07) is 11.0. The zero-order chi connectivity index (χ0) is 13.7. The number of fused-ring (bicyclic) bond motifs is 1. The van der Waals surface area contributed by atoms with E-state index < -0.39 is 0 Å². The molecule has 0 amide bonds. The van der Waals surface area contributed by atoms with Crippen molar-refractivity contribution in [3.05, 3.63) is 40.6 Å². The Morgan fingerprint density at radius 2 is 1.89 bits per heavy atom. The fraction of sp³-hybridized carbons (Fsp3) is 0.214. The monoisotopic (exact) mass is 249 g/mol. The van der Waals surface area contributed by atoms with Crippen LogP contribution < -0.4 is 10.6 Å². The Kier molecular flexibility index (Phi) is 3.78. The highest BCUT2D eigenvalue weighted by molar-refractivity contribution is 5.59. The van der Waals surface area contributed by atoms with E-state index in [-0.39, 0.29) is 11.3 Å². The maximum absolute atomic E-state index is 8.98. The smallest absolute Gasteiger partial charge is 0.163 e. The molecule has 1 heterocycles. The lowest BCUT2D eigenvalue weighted by atomic mass is 10.0. The summed E-state index contributed by atoms with van der Waals surface area (Å²) in [5, 5.41) is 32.6. The highest BCUT2D eigenvalue weighted by atomic mass is 14.9. The van der Waals surface area contributed by atoms with Crippen molar-refractivity contribution in [2.75, 3.05) is 11.9 Å². The van der Waals surface area contributed by atoms with Crippen LogP contribution in [0.4, 0.5) is 5.69 Å². The number of rotatable bonds is 2. The summed E-state index contributed by atoms with van der Waals surface area (Å²) >= 11 is 0. The molecular formula is C14H11N5.